The molecule has 0 aromatic carbocycles. The molecule has 0 unspecified atom stereocenters. The van der Waals surface area contributed by atoms with E-state index in [1.54, 1.807) is 19.0 Å². The van der Waals surface area contributed by atoms with Crippen molar-refractivity contribution < 1.29 is 4.79 Å². The van der Waals surface area contributed by atoms with Crippen LogP contribution in [0.15, 0.2) is 12.3 Å². The van der Waals surface area contributed by atoms with Crippen LogP contribution in [0.5, 0.6) is 0 Å². The Morgan fingerprint density at radius 1 is 1.58 bits per heavy atom. The number of rotatable bonds is 1. The number of halogens is 1. The summed E-state index contributed by atoms with van der Waals surface area (Å²) in [5.41, 5.74) is 0.726. The molecular weight excluding hydrogens is 267 g/mol. The molecule has 0 radical (unpaired) electrons. The van der Waals surface area contributed by atoms with E-state index in [1.807, 2.05) is 23.9 Å². The maximum absolute atomic E-state index is 11.5. The first kappa shape index (κ1) is 9.57. The van der Waals surface area contributed by atoms with E-state index in [2.05, 4.69) is 22.6 Å². The minimum atomic E-state index is 0.0421. The topological polar surface area (TPSA) is 25.2 Å². The van der Waals surface area contributed by atoms with Crippen LogP contribution < -0.4 is 0 Å². The average Bonchev–Trinajstić information content (AvgIpc) is 2.28. The zero-order valence-electron chi connectivity index (χ0n) is 7.34. The Labute approximate surface area is 85.5 Å². The maximum atomic E-state index is 11.5. The predicted molar refractivity (Wildman–Crippen MR) is 56.1 cm³/mol. The Hall–Kier alpha value is -0.520. The second-order valence-electron chi connectivity index (χ2n) is 2.85. The Morgan fingerprint density at radius 2 is 2.17 bits per heavy atom. The molecule has 0 aliphatic heterocycles. The van der Waals surface area contributed by atoms with Gasteiger partial charge in [-0.25, -0.2) is 0 Å². The highest BCUT2D eigenvalue weighted by Crippen LogP contribution is 2.10. The highest BCUT2D eigenvalue weighted by molar-refractivity contribution is 14.1. The second-order valence-corrected chi connectivity index (χ2v) is 4.10. The minimum Gasteiger partial charge on any atom is -0.346 e. The molecule has 0 saturated carbocycles. The Bertz CT molecular complexity index is 304. The lowest BCUT2D eigenvalue weighted by Crippen LogP contribution is -2.23. The number of aryl methyl sites for hydroxylation is 1. The standard InChI is InChI=1S/C8H11IN2O/c1-10(2)8(12)7-4-6(9)5-11(7)3/h4-5H,1-3H3. The maximum Gasteiger partial charge on any atom is 0.269 e. The molecule has 0 bridgehead atoms. The molecule has 0 fully saturated rings. The van der Waals surface area contributed by atoms with Gasteiger partial charge >= 0.3 is 0 Å². The molecular formula is C8H11IN2O. The molecule has 0 N–H and O–H groups in total. The summed E-state index contributed by atoms with van der Waals surface area (Å²) in [6, 6.07) is 1.88. The number of carbonyl (C=O) groups excluding carboxylic acids is 1. The van der Waals surface area contributed by atoms with Gasteiger partial charge in [0, 0.05) is 30.9 Å². The van der Waals surface area contributed by atoms with E-state index in [0.29, 0.717) is 0 Å². The van der Waals surface area contributed by atoms with E-state index in [0.717, 1.165) is 9.26 Å². The molecule has 0 saturated heterocycles. The van der Waals surface area contributed by atoms with Crippen LogP contribution in [-0.4, -0.2) is 29.5 Å². The highest BCUT2D eigenvalue weighted by atomic mass is 127. The number of nitrogens with zero attached hydrogens (tertiary/aromatic N) is 2. The summed E-state index contributed by atoms with van der Waals surface area (Å²) in [5, 5.41) is 0. The fourth-order valence-electron chi connectivity index (χ4n) is 0.966. The van der Waals surface area contributed by atoms with E-state index < -0.39 is 0 Å². The van der Waals surface area contributed by atoms with E-state index in [1.165, 1.54) is 0 Å². The SMILES string of the molecule is CN(C)C(=O)c1cc(I)cn1C. The number of carbonyl (C=O) groups is 1. The first-order valence-electron chi connectivity index (χ1n) is 3.56. The third-order valence-corrected chi connectivity index (χ3v) is 2.19. The van der Waals surface area contributed by atoms with Gasteiger partial charge in [-0.1, -0.05) is 0 Å². The van der Waals surface area contributed by atoms with Crippen LogP contribution in [0.3, 0.4) is 0 Å². The van der Waals surface area contributed by atoms with Gasteiger partial charge in [0.1, 0.15) is 5.69 Å². The quantitative estimate of drug-likeness (QED) is 0.711. The van der Waals surface area contributed by atoms with Gasteiger partial charge in [0.25, 0.3) is 5.91 Å². The second kappa shape index (κ2) is 3.47. The summed E-state index contributed by atoms with van der Waals surface area (Å²) in [4.78, 5) is 13.1. The van der Waals surface area contributed by atoms with Crippen molar-refractivity contribution in [3.8, 4) is 0 Å². The minimum absolute atomic E-state index is 0.0421. The molecule has 1 amide bonds. The summed E-state index contributed by atoms with van der Waals surface area (Å²) in [5.74, 6) is 0.0421. The van der Waals surface area contributed by atoms with Gasteiger partial charge in [0.05, 0.1) is 0 Å². The molecule has 0 aliphatic carbocycles. The summed E-state index contributed by atoms with van der Waals surface area (Å²) >= 11 is 2.19. The van der Waals surface area contributed by atoms with E-state index in [4.69, 9.17) is 0 Å². The molecule has 4 heteroatoms. The van der Waals surface area contributed by atoms with Gasteiger partial charge in [0.2, 0.25) is 0 Å². The Morgan fingerprint density at radius 3 is 2.50 bits per heavy atom. The van der Waals surface area contributed by atoms with Crippen molar-refractivity contribution >= 4 is 28.5 Å². The lowest BCUT2D eigenvalue weighted by molar-refractivity contribution is 0.0818. The van der Waals surface area contributed by atoms with E-state index in [-0.39, 0.29) is 5.91 Å². The molecule has 66 valence electrons. The van der Waals surface area contributed by atoms with Crippen molar-refractivity contribution in [2.24, 2.45) is 7.05 Å². The van der Waals surface area contributed by atoms with Gasteiger partial charge in [-0.2, -0.15) is 0 Å². The molecule has 12 heavy (non-hydrogen) atoms. The molecule has 0 atom stereocenters. The predicted octanol–water partition coefficient (Wildman–Crippen LogP) is 1.33. The fraction of sp³-hybridized carbons (Fsp3) is 0.375. The van der Waals surface area contributed by atoms with Crippen molar-refractivity contribution in [2.45, 2.75) is 0 Å². The number of amides is 1. The van der Waals surface area contributed by atoms with Crippen LogP contribution in [0.4, 0.5) is 0 Å². The summed E-state index contributed by atoms with van der Waals surface area (Å²) in [6.45, 7) is 0. The normalized spacial score (nSPS) is 10.0. The summed E-state index contributed by atoms with van der Waals surface area (Å²) in [7, 11) is 5.38. The fourth-order valence-corrected chi connectivity index (χ4v) is 1.68. The van der Waals surface area contributed by atoms with Gasteiger partial charge in [-0.05, 0) is 28.7 Å². The molecule has 0 spiro atoms. The van der Waals surface area contributed by atoms with E-state index in [9.17, 15) is 4.79 Å². The third-order valence-electron chi connectivity index (χ3n) is 1.60. The molecule has 0 aliphatic rings. The van der Waals surface area contributed by atoms with Gasteiger partial charge in [-0.3, -0.25) is 4.79 Å². The zero-order valence-corrected chi connectivity index (χ0v) is 9.49. The van der Waals surface area contributed by atoms with Gasteiger partial charge < -0.3 is 9.47 Å². The summed E-state index contributed by atoms with van der Waals surface area (Å²) in [6.07, 6.45) is 1.93. The third kappa shape index (κ3) is 1.80. The van der Waals surface area contributed by atoms with Crippen molar-refractivity contribution in [3.05, 3.63) is 21.5 Å². The zero-order chi connectivity index (χ0) is 9.30. The molecule has 3 nitrogen and oxygen atoms in total. The molecule has 1 heterocycles. The smallest absolute Gasteiger partial charge is 0.269 e. The lowest BCUT2D eigenvalue weighted by atomic mass is 10.4. The van der Waals surface area contributed by atoms with Gasteiger partial charge in [0.15, 0.2) is 0 Å². The molecule has 1 aromatic rings. The van der Waals surface area contributed by atoms with Crippen LogP contribution in [0.25, 0.3) is 0 Å². The van der Waals surface area contributed by atoms with Crippen LogP contribution in [0, 0.1) is 3.57 Å². The first-order chi connectivity index (χ1) is 5.52. The Balaban J connectivity index is 3.02. The van der Waals surface area contributed by atoms with Crippen LogP contribution >= 0.6 is 22.6 Å². The van der Waals surface area contributed by atoms with Crippen LogP contribution in [-0.2, 0) is 7.05 Å². The number of hydrogen-bond acceptors (Lipinski definition) is 1. The monoisotopic (exact) mass is 278 g/mol. The van der Waals surface area contributed by atoms with Crippen molar-refractivity contribution in [1.82, 2.24) is 9.47 Å². The number of aromatic nitrogens is 1. The number of hydrogen-bond donors (Lipinski definition) is 0. The van der Waals surface area contributed by atoms with E-state index >= 15 is 0 Å². The highest BCUT2D eigenvalue weighted by Gasteiger charge is 2.11. The Kier molecular flexibility index (Phi) is 2.76. The average molecular weight is 278 g/mol. The molecule has 1 aromatic heterocycles. The van der Waals surface area contributed by atoms with Crippen LogP contribution in [0.2, 0.25) is 0 Å². The largest absolute Gasteiger partial charge is 0.346 e. The molecule has 1 rings (SSSR count). The summed E-state index contributed by atoms with van der Waals surface area (Å²) < 4.78 is 2.92. The van der Waals surface area contributed by atoms with Crippen LogP contribution in [0.1, 0.15) is 10.5 Å². The van der Waals surface area contributed by atoms with Gasteiger partial charge in [-0.15, -0.1) is 0 Å². The van der Waals surface area contributed by atoms with Crippen molar-refractivity contribution in [1.29, 1.82) is 0 Å². The first-order valence-corrected chi connectivity index (χ1v) is 4.63. The van der Waals surface area contributed by atoms with Crippen molar-refractivity contribution in [2.75, 3.05) is 14.1 Å². The lowest BCUT2D eigenvalue weighted by Gasteiger charge is -2.09. The van der Waals surface area contributed by atoms with Crippen molar-refractivity contribution in [3.63, 3.8) is 0 Å².